The fraction of sp³-hybridized carbons (Fsp3) is 0.417. The summed E-state index contributed by atoms with van der Waals surface area (Å²) in [7, 11) is -2.98. The van der Waals surface area contributed by atoms with Crippen LogP contribution in [0.3, 0.4) is 0 Å². The summed E-state index contributed by atoms with van der Waals surface area (Å²) >= 11 is 1.46. The van der Waals surface area contributed by atoms with Gasteiger partial charge in [-0.15, -0.1) is 0 Å². The van der Waals surface area contributed by atoms with Gasteiger partial charge >= 0.3 is 0 Å². The van der Waals surface area contributed by atoms with Crippen LogP contribution in [-0.4, -0.2) is 41.0 Å². The molecule has 1 atom stereocenters. The third-order valence-electron chi connectivity index (χ3n) is 6.14. The number of carbonyl (C=O) groups excluding carboxylic acids is 1. The van der Waals surface area contributed by atoms with Gasteiger partial charge in [0.25, 0.3) is 0 Å². The van der Waals surface area contributed by atoms with Crippen molar-refractivity contribution in [2.45, 2.75) is 52.1 Å². The van der Waals surface area contributed by atoms with E-state index in [9.17, 15) is 13.2 Å². The standard InChI is InChI=1S/C24H28N2O3S2/c1-14-8-16(3)24-20(9-14)15(2)10-23(25-24)30-12-22(27)21-11-17(4)26(18(21)5)19-6-7-31(28,29)13-19/h8-11,19H,6-7,12-13H2,1-5H3/t19-/m1/s1. The molecule has 1 fully saturated rings. The molecule has 1 aromatic carbocycles. The number of aromatic nitrogens is 2. The molecule has 0 aliphatic carbocycles. The topological polar surface area (TPSA) is 69.0 Å². The van der Waals surface area contributed by atoms with Crippen LogP contribution in [0.5, 0.6) is 0 Å². The van der Waals surface area contributed by atoms with Crippen LogP contribution in [0, 0.1) is 34.6 Å². The number of sulfone groups is 1. The van der Waals surface area contributed by atoms with E-state index in [1.54, 1.807) is 0 Å². The van der Waals surface area contributed by atoms with Gasteiger partial charge in [-0.05, 0) is 70.4 Å². The Labute approximate surface area is 188 Å². The van der Waals surface area contributed by atoms with Crippen molar-refractivity contribution in [3.8, 4) is 0 Å². The highest BCUT2D eigenvalue weighted by atomic mass is 32.2. The molecule has 0 radical (unpaired) electrons. The van der Waals surface area contributed by atoms with Crippen molar-refractivity contribution in [1.82, 2.24) is 9.55 Å². The predicted molar refractivity (Wildman–Crippen MR) is 127 cm³/mol. The van der Waals surface area contributed by atoms with Crippen LogP contribution in [0.2, 0.25) is 0 Å². The fourth-order valence-corrected chi connectivity index (χ4v) is 7.26. The maximum atomic E-state index is 13.0. The highest BCUT2D eigenvalue weighted by Gasteiger charge is 2.31. The van der Waals surface area contributed by atoms with Crippen LogP contribution in [0.1, 0.15) is 50.9 Å². The first-order chi connectivity index (χ1) is 14.6. The molecule has 1 aliphatic heterocycles. The average molecular weight is 457 g/mol. The summed E-state index contributed by atoms with van der Waals surface area (Å²) in [4.78, 5) is 17.8. The number of hydrogen-bond donors (Lipinski definition) is 0. The largest absolute Gasteiger partial charge is 0.344 e. The molecule has 1 saturated heterocycles. The molecule has 31 heavy (non-hydrogen) atoms. The molecule has 0 spiro atoms. The Bertz CT molecular complexity index is 1310. The van der Waals surface area contributed by atoms with Gasteiger partial charge in [0.2, 0.25) is 0 Å². The van der Waals surface area contributed by atoms with E-state index < -0.39 is 9.84 Å². The fourth-order valence-electron chi connectivity index (χ4n) is 4.71. The van der Waals surface area contributed by atoms with Crippen molar-refractivity contribution in [3.05, 3.63) is 57.9 Å². The van der Waals surface area contributed by atoms with E-state index >= 15 is 0 Å². The van der Waals surface area contributed by atoms with Crippen LogP contribution >= 0.6 is 11.8 Å². The molecule has 7 heteroatoms. The van der Waals surface area contributed by atoms with Gasteiger partial charge in [-0.3, -0.25) is 4.79 Å². The number of carbonyl (C=O) groups is 1. The molecule has 0 bridgehead atoms. The minimum absolute atomic E-state index is 0.0467. The number of nitrogens with zero attached hydrogens (tertiary/aromatic N) is 2. The van der Waals surface area contributed by atoms with Gasteiger partial charge in [0, 0.05) is 28.4 Å². The summed E-state index contributed by atoms with van der Waals surface area (Å²) in [5.74, 6) is 0.728. The van der Waals surface area contributed by atoms with Crippen LogP contribution in [0.15, 0.2) is 29.3 Å². The maximum Gasteiger partial charge on any atom is 0.174 e. The summed E-state index contributed by atoms with van der Waals surface area (Å²) in [6.07, 6.45) is 0.611. The Morgan fingerprint density at radius 1 is 1.10 bits per heavy atom. The number of thioether (sulfide) groups is 1. The molecule has 164 valence electrons. The summed E-state index contributed by atoms with van der Waals surface area (Å²) < 4.78 is 25.9. The average Bonchev–Trinajstić information content (AvgIpc) is 3.18. The lowest BCUT2D eigenvalue weighted by atomic mass is 10.0. The summed E-state index contributed by atoms with van der Waals surface area (Å²) in [6.45, 7) is 10.1. The first-order valence-corrected chi connectivity index (χ1v) is 13.3. The number of ketones is 1. The molecule has 2 aromatic heterocycles. The molecule has 5 nitrogen and oxygen atoms in total. The highest BCUT2D eigenvalue weighted by molar-refractivity contribution is 7.99. The normalized spacial score (nSPS) is 18.0. The summed E-state index contributed by atoms with van der Waals surface area (Å²) in [6, 6.07) is 8.16. The lowest BCUT2D eigenvalue weighted by Crippen LogP contribution is -2.14. The van der Waals surface area contributed by atoms with E-state index in [1.807, 2.05) is 30.5 Å². The zero-order valence-electron chi connectivity index (χ0n) is 18.7. The second-order valence-electron chi connectivity index (χ2n) is 8.68. The lowest BCUT2D eigenvalue weighted by Gasteiger charge is -2.16. The van der Waals surface area contributed by atoms with Gasteiger partial charge in [-0.25, -0.2) is 13.4 Å². The van der Waals surface area contributed by atoms with Crippen LogP contribution in [-0.2, 0) is 9.84 Å². The minimum atomic E-state index is -2.98. The van der Waals surface area contributed by atoms with Crippen molar-refractivity contribution in [2.24, 2.45) is 0 Å². The van der Waals surface area contributed by atoms with Crippen LogP contribution in [0.25, 0.3) is 10.9 Å². The third-order valence-corrected chi connectivity index (χ3v) is 8.80. The smallest absolute Gasteiger partial charge is 0.174 e. The maximum absolute atomic E-state index is 13.0. The Morgan fingerprint density at radius 2 is 1.84 bits per heavy atom. The first-order valence-electron chi connectivity index (χ1n) is 10.5. The summed E-state index contributed by atoms with van der Waals surface area (Å²) in [5.41, 5.74) is 6.99. The molecule has 1 aliphatic rings. The van der Waals surface area contributed by atoms with E-state index in [1.165, 1.54) is 17.3 Å². The predicted octanol–water partition coefficient (Wildman–Crippen LogP) is 4.91. The summed E-state index contributed by atoms with van der Waals surface area (Å²) in [5, 5.41) is 2.00. The van der Waals surface area contributed by atoms with Crippen LogP contribution < -0.4 is 0 Å². The first kappa shape index (κ1) is 22.1. The molecule has 4 rings (SSSR count). The SMILES string of the molecule is Cc1cc(C)c2nc(SCC(=O)c3cc(C)n([C@@H]4CCS(=O)(=O)C4)c3C)cc(C)c2c1. The van der Waals surface area contributed by atoms with Gasteiger partial charge in [0.15, 0.2) is 15.6 Å². The molecule has 3 aromatic rings. The molecule has 0 saturated carbocycles. The number of pyridine rings is 1. The Kier molecular flexibility index (Phi) is 5.77. The third kappa shape index (κ3) is 4.30. The molecular formula is C24H28N2O3S2. The Balaban J connectivity index is 1.55. The number of Topliss-reactive ketones (excluding diaryl/α,β-unsaturated/α-hetero) is 1. The molecule has 0 N–H and O–H groups in total. The van der Waals surface area contributed by atoms with Gasteiger partial charge in [0.05, 0.1) is 27.8 Å². The second-order valence-corrected chi connectivity index (χ2v) is 11.9. The van der Waals surface area contributed by atoms with Crippen molar-refractivity contribution >= 4 is 38.3 Å². The number of aryl methyl sites for hydroxylation is 4. The molecule has 0 unspecified atom stereocenters. The Hall–Kier alpha value is -2.12. The Morgan fingerprint density at radius 3 is 2.52 bits per heavy atom. The lowest BCUT2D eigenvalue weighted by molar-refractivity contribution is 0.102. The van der Waals surface area contributed by atoms with Gasteiger partial charge in [-0.2, -0.15) is 0 Å². The van der Waals surface area contributed by atoms with E-state index in [2.05, 4.69) is 32.9 Å². The molecule has 0 amide bonds. The number of hydrogen-bond acceptors (Lipinski definition) is 5. The van der Waals surface area contributed by atoms with E-state index in [0.29, 0.717) is 17.7 Å². The zero-order valence-corrected chi connectivity index (χ0v) is 20.3. The highest BCUT2D eigenvalue weighted by Crippen LogP contribution is 2.31. The van der Waals surface area contributed by atoms with Crippen LogP contribution in [0.4, 0.5) is 0 Å². The van der Waals surface area contributed by atoms with E-state index in [4.69, 9.17) is 4.98 Å². The number of fused-ring (bicyclic) bond motifs is 1. The number of rotatable bonds is 5. The van der Waals surface area contributed by atoms with Gasteiger partial charge in [0.1, 0.15) is 0 Å². The van der Waals surface area contributed by atoms with E-state index in [0.717, 1.165) is 38.4 Å². The molecular weight excluding hydrogens is 428 g/mol. The quantitative estimate of drug-likeness (QED) is 0.403. The number of benzene rings is 1. The van der Waals surface area contributed by atoms with Crippen molar-refractivity contribution in [2.75, 3.05) is 17.3 Å². The van der Waals surface area contributed by atoms with Gasteiger partial charge < -0.3 is 4.57 Å². The monoisotopic (exact) mass is 456 g/mol. The van der Waals surface area contributed by atoms with Crippen molar-refractivity contribution in [1.29, 1.82) is 0 Å². The van der Waals surface area contributed by atoms with E-state index in [-0.39, 0.29) is 23.3 Å². The minimum Gasteiger partial charge on any atom is -0.344 e. The second kappa shape index (κ2) is 8.10. The molecule has 3 heterocycles. The zero-order chi connectivity index (χ0) is 22.5. The van der Waals surface area contributed by atoms with Crippen molar-refractivity contribution < 1.29 is 13.2 Å². The van der Waals surface area contributed by atoms with Gasteiger partial charge in [-0.1, -0.05) is 23.4 Å². The van der Waals surface area contributed by atoms with Crippen molar-refractivity contribution in [3.63, 3.8) is 0 Å².